The molecule has 3 aliphatic rings. The summed E-state index contributed by atoms with van der Waals surface area (Å²) < 4.78 is 0. The third-order valence-corrected chi connectivity index (χ3v) is 13.3. The molecule has 0 heterocycles. The Morgan fingerprint density at radius 1 is 0.683 bits per heavy atom. The van der Waals surface area contributed by atoms with E-state index < -0.39 is 0 Å². The lowest BCUT2D eigenvalue weighted by Crippen LogP contribution is -2.19. The van der Waals surface area contributed by atoms with E-state index in [1.807, 2.05) is 0 Å². The van der Waals surface area contributed by atoms with E-state index in [0.717, 1.165) is 24.2 Å². The third kappa shape index (κ3) is 7.20. The number of hydrogen-bond donors (Lipinski definition) is 0. The maximum absolute atomic E-state index is 4.32. The average Bonchev–Trinajstić information content (AvgIpc) is 3.81. The molecule has 0 radical (unpaired) electrons. The summed E-state index contributed by atoms with van der Waals surface area (Å²) in [6, 6.07) is 42.8. The first-order chi connectivity index (χ1) is 28.9. The molecule has 0 unspecified atom stereocenters. The minimum atomic E-state index is -0.107. The van der Waals surface area contributed by atoms with Gasteiger partial charge in [-0.25, -0.2) is 0 Å². The Morgan fingerprint density at radius 3 is 2.02 bits per heavy atom. The number of anilines is 2. The second-order valence-corrected chi connectivity index (χ2v) is 17.4. The lowest BCUT2D eigenvalue weighted by Gasteiger charge is -2.29. The molecule has 0 aromatic heterocycles. The number of rotatable bonds is 10. The molecule has 0 fully saturated rings. The second-order valence-electron chi connectivity index (χ2n) is 17.4. The number of benzene rings is 5. The van der Waals surface area contributed by atoms with Crippen LogP contribution in [-0.2, 0) is 17.3 Å². The first-order valence-corrected chi connectivity index (χ1v) is 21.3. The van der Waals surface area contributed by atoms with Crippen molar-refractivity contribution in [2.24, 2.45) is 0 Å². The van der Waals surface area contributed by atoms with Gasteiger partial charge in [0.2, 0.25) is 0 Å². The monoisotopic (exact) mass is 781 g/mol. The summed E-state index contributed by atoms with van der Waals surface area (Å²) in [6.07, 6.45) is 21.2. The molecule has 0 saturated carbocycles. The van der Waals surface area contributed by atoms with Crippen LogP contribution in [-0.4, -0.2) is 0 Å². The summed E-state index contributed by atoms with van der Waals surface area (Å²) >= 11 is 0. The predicted octanol–water partition coefficient (Wildman–Crippen LogP) is 15.9. The predicted molar refractivity (Wildman–Crippen MR) is 261 cm³/mol. The van der Waals surface area contributed by atoms with Gasteiger partial charge in [-0.05, 0) is 154 Å². The molecule has 0 aliphatic heterocycles. The molecule has 0 N–H and O–H groups in total. The highest BCUT2D eigenvalue weighted by atomic mass is 15.1. The highest BCUT2D eigenvalue weighted by Crippen LogP contribution is 2.54. The van der Waals surface area contributed by atoms with Crippen LogP contribution >= 0.6 is 0 Å². The van der Waals surface area contributed by atoms with Gasteiger partial charge in [0, 0.05) is 27.9 Å². The Hall–Kier alpha value is -6.36. The molecule has 300 valence electrons. The Bertz CT molecular complexity index is 2710. The topological polar surface area (TPSA) is 3.24 Å². The van der Waals surface area contributed by atoms with Crippen LogP contribution in [0.3, 0.4) is 0 Å². The van der Waals surface area contributed by atoms with Crippen molar-refractivity contribution >= 4 is 28.1 Å². The third-order valence-electron chi connectivity index (χ3n) is 13.3. The van der Waals surface area contributed by atoms with Crippen LogP contribution in [0.25, 0.3) is 27.8 Å². The molecule has 3 aliphatic carbocycles. The number of terminal acetylenes is 1. The normalized spacial score (nSPS) is 16.4. The molecule has 0 saturated heterocycles. The van der Waals surface area contributed by atoms with Crippen molar-refractivity contribution in [1.29, 1.82) is 0 Å². The van der Waals surface area contributed by atoms with Crippen molar-refractivity contribution in [3.63, 3.8) is 0 Å². The molecule has 1 heteroatoms. The van der Waals surface area contributed by atoms with Crippen LogP contribution < -0.4 is 4.90 Å². The first-order valence-electron chi connectivity index (χ1n) is 21.3. The van der Waals surface area contributed by atoms with Crippen molar-refractivity contribution in [3.8, 4) is 24.0 Å². The van der Waals surface area contributed by atoms with Crippen molar-refractivity contribution < 1.29 is 0 Å². The Morgan fingerprint density at radius 2 is 1.30 bits per heavy atom. The number of hydrogen-bond acceptors (Lipinski definition) is 1. The molecular formula is C59H59N. The molecule has 0 spiro atoms. The summed E-state index contributed by atoms with van der Waals surface area (Å²) in [4.78, 5) is 2.47. The van der Waals surface area contributed by atoms with Gasteiger partial charge in [0.25, 0.3) is 0 Å². The molecule has 8 rings (SSSR count). The summed E-state index contributed by atoms with van der Waals surface area (Å²) in [5, 5.41) is 0. The summed E-state index contributed by atoms with van der Waals surface area (Å²) in [5.41, 5.74) is 24.6. The van der Waals surface area contributed by atoms with Gasteiger partial charge in [-0.3, -0.25) is 0 Å². The van der Waals surface area contributed by atoms with Crippen LogP contribution in [0, 0.1) is 12.8 Å². The van der Waals surface area contributed by atoms with Gasteiger partial charge in [-0.2, -0.15) is 0 Å². The highest BCUT2D eigenvalue weighted by Gasteiger charge is 2.39. The summed E-state index contributed by atoms with van der Waals surface area (Å²) in [6.45, 7) is 25.1. The van der Waals surface area contributed by atoms with Gasteiger partial charge in [0.1, 0.15) is 0 Å². The van der Waals surface area contributed by atoms with E-state index in [1.165, 1.54) is 94.8 Å². The average molecular weight is 782 g/mol. The van der Waals surface area contributed by atoms with Crippen LogP contribution in [0.15, 0.2) is 180 Å². The molecule has 60 heavy (non-hydrogen) atoms. The lowest BCUT2D eigenvalue weighted by atomic mass is 9.81. The smallest absolute Gasteiger partial charge is 0.0464 e. The van der Waals surface area contributed by atoms with Crippen molar-refractivity contribution in [2.75, 3.05) is 4.90 Å². The maximum atomic E-state index is 4.32. The van der Waals surface area contributed by atoms with Gasteiger partial charge in [-0.1, -0.05) is 162 Å². The van der Waals surface area contributed by atoms with Gasteiger partial charge in [0.15, 0.2) is 0 Å². The fraction of sp³-hybridized carbons (Fsp3) is 0.220. The van der Waals surface area contributed by atoms with Crippen molar-refractivity contribution in [2.45, 2.75) is 86.0 Å². The van der Waals surface area contributed by atoms with Crippen LogP contribution in [0.4, 0.5) is 11.4 Å². The minimum absolute atomic E-state index is 0.0937. The Labute approximate surface area is 360 Å². The number of allylic oxidation sites excluding steroid dienone is 13. The number of nitrogens with zero attached hydrogens (tertiary/aromatic N) is 1. The van der Waals surface area contributed by atoms with E-state index in [9.17, 15) is 0 Å². The first kappa shape index (κ1) is 41.8. The zero-order valence-corrected chi connectivity index (χ0v) is 37.1. The maximum Gasteiger partial charge on any atom is 0.0464 e. The SMILES string of the molecule is C#C.C=CC1=C(C2=C(C)C(C)(C)c3ccc(N(/C(C)=C/C=C(C)/C(=C/CC)/C=C(\C)c4ccccc4)c4ccc5c(c4)C(C)(C)c4ccccc4-5)cc32)Cc2ccccc21. The van der Waals surface area contributed by atoms with E-state index in [2.05, 4.69) is 232 Å². The van der Waals surface area contributed by atoms with E-state index in [1.54, 1.807) is 0 Å². The van der Waals surface area contributed by atoms with Crippen molar-refractivity contribution in [1.82, 2.24) is 0 Å². The standard InChI is InChI=1S/C57H57N.C2H2/c1-11-20-42(33-38(4)41-21-14-13-15-22-41)37(3)27-28-39(5)58(45-29-31-49-48-25-18-19-26-52(48)57(9,10)54(49)36-45)44-30-32-53-51(35-44)55(40(6)56(53,7)8)50-34-43-23-16-17-24-47(43)46(50)12-2;1-2/h12-33,35-36H,2,11,34H2,1,3-10H3;1-2H/b37-27+,38-33+,39-28+,42-20+;. The van der Waals surface area contributed by atoms with Gasteiger partial charge in [0.05, 0.1) is 0 Å². The Balaban J connectivity index is 0.00000268. The largest absolute Gasteiger partial charge is 0.314 e. The van der Waals surface area contributed by atoms with Gasteiger partial charge in [-0.15, -0.1) is 12.8 Å². The van der Waals surface area contributed by atoms with Gasteiger partial charge < -0.3 is 4.90 Å². The summed E-state index contributed by atoms with van der Waals surface area (Å²) in [7, 11) is 0. The van der Waals surface area contributed by atoms with E-state index in [0.29, 0.717) is 0 Å². The molecule has 1 nitrogen and oxygen atoms in total. The minimum Gasteiger partial charge on any atom is -0.314 e. The van der Waals surface area contributed by atoms with Crippen LogP contribution in [0.1, 0.15) is 108 Å². The molecule has 0 amide bonds. The van der Waals surface area contributed by atoms with Crippen molar-refractivity contribution in [3.05, 3.63) is 219 Å². The van der Waals surface area contributed by atoms with Crippen LogP contribution in [0.2, 0.25) is 0 Å². The zero-order chi connectivity index (χ0) is 42.9. The molecule has 5 aromatic rings. The second kappa shape index (κ2) is 16.7. The molecule has 0 atom stereocenters. The van der Waals surface area contributed by atoms with E-state index in [-0.39, 0.29) is 10.8 Å². The fourth-order valence-corrected chi connectivity index (χ4v) is 9.75. The van der Waals surface area contributed by atoms with Crippen LogP contribution in [0.5, 0.6) is 0 Å². The zero-order valence-electron chi connectivity index (χ0n) is 37.1. The van der Waals surface area contributed by atoms with E-state index in [4.69, 9.17) is 0 Å². The quantitative estimate of drug-likeness (QED) is 0.101. The molecule has 5 aromatic carbocycles. The summed E-state index contributed by atoms with van der Waals surface area (Å²) in [5.74, 6) is 0. The van der Waals surface area contributed by atoms with E-state index >= 15 is 0 Å². The lowest BCUT2D eigenvalue weighted by molar-refractivity contribution is 0.639. The highest BCUT2D eigenvalue weighted by molar-refractivity contribution is 6.01. The Kier molecular flexibility index (Phi) is 11.6. The molecule has 0 bridgehead atoms. The fourth-order valence-electron chi connectivity index (χ4n) is 9.75. The van der Waals surface area contributed by atoms with Gasteiger partial charge >= 0.3 is 0 Å². The molecular weight excluding hydrogens is 723 g/mol. The number of fused-ring (bicyclic) bond motifs is 5.